The van der Waals surface area contributed by atoms with Gasteiger partial charge in [-0.25, -0.2) is 0 Å². The first-order chi connectivity index (χ1) is 15.4. The molecule has 7 heteroatoms. The average molecular weight is 575 g/mol. The minimum atomic E-state index is 0.260. The van der Waals surface area contributed by atoms with Crippen LogP contribution in [-0.2, 0) is 6.61 Å². The predicted octanol–water partition coefficient (Wildman–Crippen LogP) is 7.51. The lowest BCUT2D eigenvalue weighted by atomic mass is 10.0. The van der Waals surface area contributed by atoms with Gasteiger partial charge in [0.05, 0.1) is 33.5 Å². The van der Waals surface area contributed by atoms with E-state index in [1.165, 1.54) is 0 Å². The van der Waals surface area contributed by atoms with Crippen molar-refractivity contribution in [1.29, 1.82) is 10.5 Å². The molecule has 0 N–H and O–H groups in total. The van der Waals surface area contributed by atoms with Crippen molar-refractivity contribution in [3.05, 3.63) is 90.5 Å². The summed E-state index contributed by atoms with van der Waals surface area (Å²) in [5.74, 6) is 1.18. The molecule has 0 atom stereocenters. The fourth-order valence-corrected chi connectivity index (χ4v) is 4.18. The van der Waals surface area contributed by atoms with Crippen molar-refractivity contribution in [1.82, 2.24) is 0 Å². The second-order valence-corrected chi connectivity index (χ2v) is 8.65. The normalized spacial score (nSPS) is 10.9. The zero-order valence-electron chi connectivity index (χ0n) is 17.0. The molecule has 0 saturated heterocycles. The lowest BCUT2D eigenvalue weighted by molar-refractivity contribution is 0.267. The largest absolute Gasteiger partial charge is 0.490 e. The van der Waals surface area contributed by atoms with Crippen LogP contribution in [0.5, 0.6) is 11.5 Å². The maximum atomic E-state index is 9.66. The van der Waals surface area contributed by atoms with Gasteiger partial charge in [-0.05, 0) is 83.1 Å². The Labute approximate surface area is 210 Å². The topological polar surface area (TPSA) is 66.0 Å². The molecule has 160 valence electrons. The van der Waals surface area contributed by atoms with Gasteiger partial charge in [0.1, 0.15) is 6.61 Å². The second kappa shape index (κ2) is 11.2. The van der Waals surface area contributed by atoms with Crippen LogP contribution in [-0.4, -0.2) is 6.61 Å². The fraction of sp³-hybridized carbons (Fsp3) is 0.120. The summed E-state index contributed by atoms with van der Waals surface area (Å²) in [4.78, 5) is 0. The molecule has 0 saturated carbocycles. The maximum Gasteiger partial charge on any atom is 0.175 e. The molecular formula is C25H17Cl2IN2O2. The first-order valence-electron chi connectivity index (χ1n) is 9.60. The number of ether oxygens (including phenoxy) is 2. The third-order valence-electron chi connectivity index (χ3n) is 4.48. The van der Waals surface area contributed by atoms with Crippen LogP contribution in [0.4, 0.5) is 0 Å². The third kappa shape index (κ3) is 5.95. The first kappa shape index (κ1) is 23.9. The molecule has 0 bridgehead atoms. The minimum absolute atomic E-state index is 0.260. The molecule has 0 spiro atoms. The van der Waals surface area contributed by atoms with Gasteiger partial charge in [0.25, 0.3) is 0 Å². The molecule has 0 unspecified atom stereocenters. The predicted molar refractivity (Wildman–Crippen MR) is 136 cm³/mol. The minimum Gasteiger partial charge on any atom is -0.490 e. The van der Waals surface area contributed by atoms with Crippen LogP contribution in [0.15, 0.2) is 54.6 Å². The van der Waals surface area contributed by atoms with Crippen LogP contribution in [0.1, 0.15) is 29.2 Å². The van der Waals surface area contributed by atoms with Gasteiger partial charge in [0.15, 0.2) is 11.5 Å². The number of rotatable bonds is 7. The van der Waals surface area contributed by atoms with Crippen molar-refractivity contribution in [3.8, 4) is 23.6 Å². The van der Waals surface area contributed by atoms with E-state index in [1.54, 1.807) is 42.5 Å². The van der Waals surface area contributed by atoms with Crippen LogP contribution in [0, 0.1) is 26.2 Å². The molecule has 32 heavy (non-hydrogen) atoms. The molecule has 0 radical (unpaired) electrons. The number of halogens is 3. The summed E-state index contributed by atoms with van der Waals surface area (Å²) in [5.41, 5.74) is 3.37. The number of nitrogens with zero attached hydrogens (tertiary/aromatic N) is 2. The Hall–Kier alpha value is -2.71. The van der Waals surface area contributed by atoms with Crippen molar-refractivity contribution in [2.45, 2.75) is 13.5 Å². The molecule has 0 aliphatic heterocycles. The Morgan fingerprint density at radius 3 is 2.41 bits per heavy atom. The second-order valence-electron chi connectivity index (χ2n) is 6.65. The Balaban J connectivity index is 1.92. The smallest absolute Gasteiger partial charge is 0.175 e. The van der Waals surface area contributed by atoms with E-state index in [-0.39, 0.29) is 6.61 Å². The van der Waals surface area contributed by atoms with Gasteiger partial charge in [-0.2, -0.15) is 10.5 Å². The zero-order valence-corrected chi connectivity index (χ0v) is 20.7. The summed E-state index contributed by atoms with van der Waals surface area (Å²) in [5, 5.41) is 19.7. The van der Waals surface area contributed by atoms with Gasteiger partial charge in [-0.3, -0.25) is 0 Å². The molecule has 3 aromatic carbocycles. The maximum absolute atomic E-state index is 9.66. The van der Waals surface area contributed by atoms with E-state index in [9.17, 15) is 5.26 Å². The number of allylic oxidation sites excluding steroid dienone is 1. The number of benzene rings is 3. The highest BCUT2D eigenvalue weighted by atomic mass is 127. The van der Waals surface area contributed by atoms with Crippen LogP contribution in [0.25, 0.3) is 11.6 Å². The average Bonchev–Trinajstić information content (AvgIpc) is 2.78. The van der Waals surface area contributed by atoms with Gasteiger partial charge in [-0.1, -0.05) is 41.4 Å². The summed E-state index contributed by atoms with van der Waals surface area (Å²) in [6.45, 7) is 2.62. The molecule has 0 heterocycles. The monoisotopic (exact) mass is 574 g/mol. The molecule has 0 aromatic heterocycles. The SMILES string of the molecule is CCOc1cc(/C=C(/C#N)c2ccc(C#N)cc2)cc(I)c1OCc1ccc(Cl)cc1Cl. The highest BCUT2D eigenvalue weighted by Gasteiger charge is 2.14. The van der Waals surface area contributed by atoms with E-state index in [0.717, 1.165) is 20.3 Å². The summed E-state index contributed by atoms with van der Waals surface area (Å²) in [6, 6.07) is 20.2. The zero-order chi connectivity index (χ0) is 23.1. The van der Waals surface area contributed by atoms with Crippen molar-refractivity contribution in [3.63, 3.8) is 0 Å². The van der Waals surface area contributed by atoms with Gasteiger partial charge in [0, 0.05) is 15.6 Å². The third-order valence-corrected chi connectivity index (χ3v) is 5.86. The van der Waals surface area contributed by atoms with Gasteiger partial charge < -0.3 is 9.47 Å². The van der Waals surface area contributed by atoms with E-state index in [0.29, 0.717) is 39.3 Å². The molecule has 4 nitrogen and oxygen atoms in total. The van der Waals surface area contributed by atoms with Crippen molar-refractivity contribution >= 4 is 57.4 Å². The molecule has 3 aromatic rings. The van der Waals surface area contributed by atoms with Crippen molar-refractivity contribution in [2.75, 3.05) is 6.61 Å². The molecular weight excluding hydrogens is 558 g/mol. The highest BCUT2D eigenvalue weighted by Crippen LogP contribution is 2.36. The van der Waals surface area contributed by atoms with Gasteiger partial charge >= 0.3 is 0 Å². The molecule has 0 aliphatic carbocycles. The Bertz CT molecular complexity index is 1240. The van der Waals surface area contributed by atoms with E-state index in [4.69, 9.17) is 37.9 Å². The molecule has 0 amide bonds. The Morgan fingerprint density at radius 1 is 1.03 bits per heavy atom. The van der Waals surface area contributed by atoms with Crippen molar-refractivity contribution in [2.24, 2.45) is 0 Å². The van der Waals surface area contributed by atoms with Crippen LogP contribution < -0.4 is 9.47 Å². The standard InChI is InChI=1S/C25H17Cl2IN2O2/c1-2-31-24-11-17(9-20(14-30)18-5-3-16(13-29)4-6-18)10-23(28)25(24)32-15-19-7-8-21(26)12-22(19)27/h3-12H,2,15H2,1H3/b20-9-. The molecule has 3 rings (SSSR count). The van der Waals surface area contributed by atoms with Crippen LogP contribution >= 0.6 is 45.8 Å². The van der Waals surface area contributed by atoms with Gasteiger partial charge in [0.2, 0.25) is 0 Å². The Kier molecular flexibility index (Phi) is 8.41. The first-order valence-corrected chi connectivity index (χ1v) is 11.4. The summed E-state index contributed by atoms with van der Waals surface area (Å²) < 4.78 is 12.7. The van der Waals surface area contributed by atoms with Crippen LogP contribution in [0.3, 0.4) is 0 Å². The molecule has 0 fully saturated rings. The van der Waals surface area contributed by atoms with Gasteiger partial charge in [-0.15, -0.1) is 0 Å². The fourth-order valence-electron chi connectivity index (χ4n) is 2.93. The van der Waals surface area contributed by atoms with E-state index in [2.05, 4.69) is 34.7 Å². The quantitative estimate of drug-likeness (QED) is 0.166. The lowest BCUT2D eigenvalue weighted by Gasteiger charge is -2.15. The number of nitriles is 2. The van der Waals surface area contributed by atoms with Crippen LogP contribution in [0.2, 0.25) is 10.0 Å². The van der Waals surface area contributed by atoms with E-state index >= 15 is 0 Å². The van der Waals surface area contributed by atoms with Crippen molar-refractivity contribution < 1.29 is 9.47 Å². The van der Waals surface area contributed by atoms with E-state index < -0.39 is 0 Å². The summed E-state index contributed by atoms with van der Waals surface area (Å²) in [6.07, 6.45) is 1.78. The van der Waals surface area contributed by atoms with E-state index in [1.807, 2.05) is 25.1 Å². The highest BCUT2D eigenvalue weighted by molar-refractivity contribution is 14.1. The summed E-state index contributed by atoms with van der Waals surface area (Å²) in [7, 11) is 0. The molecule has 0 aliphatic rings. The summed E-state index contributed by atoms with van der Waals surface area (Å²) >= 11 is 14.4. The number of hydrogen-bond acceptors (Lipinski definition) is 4. The Morgan fingerprint density at radius 2 is 1.78 bits per heavy atom. The lowest BCUT2D eigenvalue weighted by Crippen LogP contribution is -2.02. The number of hydrogen-bond donors (Lipinski definition) is 0.